The monoisotopic (exact) mass is 698 g/mol. The first kappa shape index (κ1) is 36.1. The maximum Gasteiger partial charge on any atom is 0.338 e. The molecule has 49 heavy (non-hydrogen) atoms. The van der Waals surface area contributed by atoms with Crippen molar-refractivity contribution in [1.29, 1.82) is 0 Å². The molecule has 0 bridgehead atoms. The van der Waals surface area contributed by atoms with Gasteiger partial charge in [-0.05, 0) is 66.7 Å². The highest BCUT2D eigenvalue weighted by molar-refractivity contribution is 7.99. The second-order valence-corrected chi connectivity index (χ2v) is 19.2. The van der Waals surface area contributed by atoms with Crippen LogP contribution in [0.5, 0.6) is 0 Å². The Morgan fingerprint density at radius 1 is 0.612 bits per heavy atom. The molecule has 1 fully saturated rings. The van der Waals surface area contributed by atoms with Gasteiger partial charge in [0.15, 0.2) is 26.6 Å². The van der Waals surface area contributed by atoms with Crippen molar-refractivity contribution in [3.8, 4) is 0 Å². The summed E-state index contributed by atoms with van der Waals surface area (Å²) in [6.45, 7) is 10.7. The Morgan fingerprint density at radius 2 is 1.00 bits per heavy atom. The standard InChI is InChI=1S/C39H42O8SSi/c1-39(2,3)49(4,5)43-26-31-32(45-35(40)27-18-10-6-11-19-27)33(46-36(41)28-20-12-7-13-21-28)34(47-37(42)29-22-14-8-15-23-29)38(44-31)48-30-24-16-9-17-25-30/h6-25,31-34,38H,26H2,1-5H3/t31-,32+,33+,34-,38+/m1/s1. The summed E-state index contributed by atoms with van der Waals surface area (Å²) in [6.07, 6.45) is -4.55. The summed E-state index contributed by atoms with van der Waals surface area (Å²) in [7, 11) is -2.33. The molecule has 1 heterocycles. The molecule has 5 atom stereocenters. The van der Waals surface area contributed by atoms with E-state index in [0.29, 0.717) is 11.1 Å². The molecule has 256 valence electrons. The van der Waals surface area contributed by atoms with Crippen LogP contribution in [0.2, 0.25) is 18.1 Å². The molecule has 4 aromatic carbocycles. The van der Waals surface area contributed by atoms with Crippen molar-refractivity contribution in [3.05, 3.63) is 138 Å². The molecule has 4 aromatic rings. The van der Waals surface area contributed by atoms with Gasteiger partial charge in [-0.15, -0.1) is 0 Å². The van der Waals surface area contributed by atoms with E-state index in [4.69, 9.17) is 23.4 Å². The van der Waals surface area contributed by atoms with Gasteiger partial charge in [0.25, 0.3) is 0 Å². The zero-order valence-corrected chi connectivity index (χ0v) is 30.1. The van der Waals surface area contributed by atoms with Gasteiger partial charge in [-0.25, -0.2) is 14.4 Å². The Bertz CT molecular complexity index is 1680. The lowest BCUT2D eigenvalue weighted by Crippen LogP contribution is -2.62. The Kier molecular flexibility index (Phi) is 11.8. The maximum absolute atomic E-state index is 13.8. The molecule has 8 nitrogen and oxygen atoms in total. The fourth-order valence-electron chi connectivity index (χ4n) is 4.95. The molecule has 0 spiro atoms. The minimum absolute atomic E-state index is 0.0494. The third-order valence-electron chi connectivity index (χ3n) is 8.76. The molecule has 0 saturated carbocycles. The molecule has 0 aliphatic carbocycles. The Balaban J connectivity index is 1.59. The van der Waals surface area contributed by atoms with E-state index in [1.165, 1.54) is 11.8 Å². The lowest BCUT2D eigenvalue weighted by Gasteiger charge is -2.46. The van der Waals surface area contributed by atoms with Gasteiger partial charge in [-0.2, -0.15) is 0 Å². The summed E-state index contributed by atoms with van der Waals surface area (Å²) in [6, 6.07) is 35.1. The lowest BCUT2D eigenvalue weighted by molar-refractivity contribution is -0.206. The molecule has 10 heteroatoms. The molecule has 0 aromatic heterocycles. The highest BCUT2D eigenvalue weighted by atomic mass is 32.2. The fourth-order valence-corrected chi connectivity index (χ4v) is 7.09. The van der Waals surface area contributed by atoms with E-state index in [1.54, 1.807) is 91.0 Å². The zero-order valence-electron chi connectivity index (χ0n) is 28.3. The van der Waals surface area contributed by atoms with Gasteiger partial charge in [0.2, 0.25) is 0 Å². The van der Waals surface area contributed by atoms with Crippen LogP contribution in [-0.4, -0.2) is 62.7 Å². The van der Waals surface area contributed by atoms with Crippen molar-refractivity contribution in [2.24, 2.45) is 0 Å². The number of benzene rings is 4. The van der Waals surface area contributed by atoms with Crippen LogP contribution >= 0.6 is 11.8 Å². The van der Waals surface area contributed by atoms with Gasteiger partial charge < -0.3 is 23.4 Å². The average Bonchev–Trinajstić information content (AvgIpc) is 3.10. The minimum Gasteiger partial charge on any atom is -0.452 e. The van der Waals surface area contributed by atoms with E-state index >= 15 is 0 Å². The van der Waals surface area contributed by atoms with E-state index < -0.39 is 56.1 Å². The van der Waals surface area contributed by atoms with Gasteiger partial charge in [0.1, 0.15) is 11.5 Å². The summed E-state index contributed by atoms with van der Waals surface area (Å²) in [5, 5.41) is -0.122. The smallest absolute Gasteiger partial charge is 0.338 e. The lowest BCUT2D eigenvalue weighted by atomic mass is 9.98. The Hall–Kier alpha value is -4.22. The summed E-state index contributed by atoms with van der Waals surface area (Å²) >= 11 is 1.32. The van der Waals surface area contributed by atoms with Crippen LogP contribution < -0.4 is 0 Å². The van der Waals surface area contributed by atoms with Crippen LogP contribution in [0, 0.1) is 0 Å². The van der Waals surface area contributed by atoms with Crippen molar-refractivity contribution >= 4 is 38.0 Å². The minimum atomic E-state index is -2.33. The zero-order chi connectivity index (χ0) is 35.0. The number of ether oxygens (including phenoxy) is 4. The molecule has 0 N–H and O–H groups in total. The third-order valence-corrected chi connectivity index (χ3v) is 14.4. The normalized spacial score (nSPS) is 21.0. The second-order valence-electron chi connectivity index (χ2n) is 13.3. The van der Waals surface area contributed by atoms with Gasteiger partial charge in [0.05, 0.1) is 23.3 Å². The first-order valence-electron chi connectivity index (χ1n) is 16.2. The predicted octanol–water partition coefficient (Wildman–Crippen LogP) is 8.20. The molecule has 1 aliphatic heterocycles. The number of carbonyl (C=O) groups excluding carboxylic acids is 3. The molecule has 1 saturated heterocycles. The van der Waals surface area contributed by atoms with Crippen LogP contribution in [0.3, 0.4) is 0 Å². The maximum atomic E-state index is 13.8. The van der Waals surface area contributed by atoms with Gasteiger partial charge >= 0.3 is 17.9 Å². The number of carbonyl (C=O) groups is 3. The van der Waals surface area contributed by atoms with Crippen LogP contribution in [0.25, 0.3) is 0 Å². The van der Waals surface area contributed by atoms with Crippen LogP contribution in [-0.2, 0) is 23.4 Å². The van der Waals surface area contributed by atoms with E-state index in [-0.39, 0.29) is 17.2 Å². The Morgan fingerprint density at radius 3 is 1.43 bits per heavy atom. The van der Waals surface area contributed by atoms with E-state index in [2.05, 4.69) is 33.9 Å². The SMILES string of the molecule is CC(C)(C)[Si](C)(C)OC[C@H]1O[C@@H](Sc2ccccc2)[C@H](OC(=O)c2ccccc2)[C@@H](OC(=O)c2ccccc2)[C@H]1OC(=O)c1ccccc1. The third kappa shape index (κ3) is 9.27. The number of hydrogen-bond donors (Lipinski definition) is 0. The summed E-state index contributed by atoms with van der Waals surface area (Å²) in [4.78, 5) is 41.9. The van der Waals surface area contributed by atoms with Crippen molar-refractivity contribution in [3.63, 3.8) is 0 Å². The van der Waals surface area contributed by atoms with Gasteiger partial charge in [0, 0.05) is 4.90 Å². The summed E-state index contributed by atoms with van der Waals surface area (Å²) in [5.41, 5.74) is 0.0264. The van der Waals surface area contributed by atoms with Crippen LogP contribution in [0.15, 0.2) is 126 Å². The second kappa shape index (κ2) is 16.0. The fraction of sp³-hybridized carbons (Fsp3) is 0.308. The highest BCUT2D eigenvalue weighted by Gasteiger charge is 2.53. The van der Waals surface area contributed by atoms with Crippen molar-refractivity contribution in [2.45, 2.75) is 73.7 Å². The molecule has 5 rings (SSSR count). The molecular formula is C39H42O8SSi. The Labute approximate surface area is 293 Å². The largest absolute Gasteiger partial charge is 0.452 e. The number of esters is 3. The first-order valence-corrected chi connectivity index (χ1v) is 20.0. The molecule has 1 aliphatic rings. The number of rotatable bonds is 11. The number of thioether (sulfide) groups is 1. The molecular weight excluding hydrogens is 657 g/mol. The summed E-state index contributed by atoms with van der Waals surface area (Å²) < 4.78 is 32.0. The van der Waals surface area contributed by atoms with Gasteiger partial charge in [-0.1, -0.05) is 105 Å². The quantitative estimate of drug-likeness (QED) is 0.0872. The van der Waals surface area contributed by atoms with E-state index in [9.17, 15) is 14.4 Å². The van der Waals surface area contributed by atoms with Crippen LogP contribution in [0.4, 0.5) is 0 Å². The summed E-state index contributed by atoms with van der Waals surface area (Å²) in [5.74, 6) is -1.95. The average molecular weight is 699 g/mol. The first-order chi connectivity index (χ1) is 23.4. The number of hydrogen-bond acceptors (Lipinski definition) is 9. The van der Waals surface area contributed by atoms with Crippen molar-refractivity contribution in [1.82, 2.24) is 0 Å². The topological polar surface area (TPSA) is 97.4 Å². The molecule has 0 unspecified atom stereocenters. The van der Waals surface area contributed by atoms with Crippen molar-refractivity contribution < 1.29 is 37.8 Å². The van der Waals surface area contributed by atoms with E-state index in [1.807, 2.05) is 30.3 Å². The molecule has 0 radical (unpaired) electrons. The molecule has 0 amide bonds. The highest BCUT2D eigenvalue weighted by Crippen LogP contribution is 2.40. The van der Waals surface area contributed by atoms with E-state index in [0.717, 1.165) is 4.90 Å². The predicted molar refractivity (Wildman–Crippen MR) is 191 cm³/mol. The van der Waals surface area contributed by atoms with Gasteiger partial charge in [-0.3, -0.25) is 0 Å². The van der Waals surface area contributed by atoms with Crippen LogP contribution in [0.1, 0.15) is 51.8 Å². The van der Waals surface area contributed by atoms with Crippen molar-refractivity contribution in [2.75, 3.05) is 6.61 Å².